The number of rotatable bonds is 5. The first-order chi connectivity index (χ1) is 11.8. The molecule has 0 saturated carbocycles. The molecule has 0 spiro atoms. The third-order valence-corrected chi connectivity index (χ3v) is 4.47. The van der Waals surface area contributed by atoms with Crippen LogP contribution in [0.15, 0.2) is 48.5 Å². The summed E-state index contributed by atoms with van der Waals surface area (Å²) >= 11 is 12.0. The summed E-state index contributed by atoms with van der Waals surface area (Å²) in [6, 6.07) is 14.0. The minimum absolute atomic E-state index is 0.295. The maximum absolute atomic E-state index is 13.0. The molecule has 2 rings (SSSR count). The van der Waals surface area contributed by atoms with Crippen LogP contribution in [0.4, 0.5) is 11.4 Å². The average Bonchev–Trinajstić information content (AvgIpc) is 2.59. The van der Waals surface area contributed by atoms with Crippen LogP contribution in [0.2, 0.25) is 10.0 Å². The Labute approximate surface area is 157 Å². The molecule has 0 atom stereocenters. The lowest BCUT2D eigenvalue weighted by molar-refractivity contribution is -0.136. The lowest BCUT2D eigenvalue weighted by Gasteiger charge is -2.30. The lowest BCUT2D eigenvalue weighted by atomic mass is 9.89. The summed E-state index contributed by atoms with van der Waals surface area (Å²) < 4.78 is 0. The van der Waals surface area contributed by atoms with Gasteiger partial charge in [-0.1, -0.05) is 41.4 Å². The molecule has 2 aromatic carbocycles. The molecule has 0 aliphatic carbocycles. The lowest BCUT2D eigenvalue weighted by Crippen LogP contribution is -2.47. The molecule has 2 aromatic rings. The highest BCUT2D eigenvalue weighted by atomic mass is 35.5. The van der Waals surface area contributed by atoms with Crippen molar-refractivity contribution in [3.63, 3.8) is 0 Å². The van der Waals surface area contributed by atoms with E-state index >= 15 is 0 Å². The highest BCUT2D eigenvalue weighted by molar-refractivity contribution is 6.36. The molecule has 0 heterocycles. The number of halogens is 2. The number of benzene rings is 2. The molecule has 0 aliphatic rings. The highest BCUT2D eigenvalue weighted by Crippen LogP contribution is 2.29. The number of amides is 2. The van der Waals surface area contributed by atoms with Crippen LogP contribution in [0.25, 0.3) is 0 Å². The van der Waals surface area contributed by atoms with Crippen LogP contribution in [-0.2, 0) is 9.59 Å². The fourth-order valence-electron chi connectivity index (χ4n) is 2.36. The zero-order valence-electron chi connectivity index (χ0n) is 14.3. The molecule has 0 bridgehead atoms. The van der Waals surface area contributed by atoms with Gasteiger partial charge in [0.15, 0.2) is 0 Å². The molecule has 25 heavy (non-hydrogen) atoms. The summed E-state index contributed by atoms with van der Waals surface area (Å²) in [5.74, 6) is -0.743. The second-order valence-corrected chi connectivity index (χ2v) is 6.93. The van der Waals surface area contributed by atoms with E-state index in [2.05, 4.69) is 5.32 Å². The van der Waals surface area contributed by atoms with Crippen molar-refractivity contribution in [1.82, 2.24) is 0 Å². The van der Waals surface area contributed by atoms with Crippen molar-refractivity contribution in [3.8, 4) is 0 Å². The van der Waals surface area contributed by atoms with Gasteiger partial charge in [-0.25, -0.2) is 0 Å². The first kappa shape index (κ1) is 19.3. The molecule has 6 heteroatoms. The van der Waals surface area contributed by atoms with Gasteiger partial charge in [-0.2, -0.15) is 0 Å². The Morgan fingerprint density at radius 2 is 1.72 bits per heavy atom. The highest BCUT2D eigenvalue weighted by Gasteiger charge is 2.39. The molecule has 2 amide bonds. The van der Waals surface area contributed by atoms with Crippen LogP contribution in [0, 0.1) is 5.41 Å². The Bertz CT molecular complexity index is 776. The second-order valence-electron chi connectivity index (χ2n) is 6.09. The van der Waals surface area contributed by atoms with Crippen molar-refractivity contribution >= 4 is 46.4 Å². The van der Waals surface area contributed by atoms with Crippen molar-refractivity contribution in [3.05, 3.63) is 58.6 Å². The van der Waals surface area contributed by atoms with E-state index in [0.717, 1.165) is 5.69 Å². The molecule has 0 radical (unpaired) electrons. The summed E-state index contributed by atoms with van der Waals surface area (Å²) in [5.41, 5.74) is -0.156. The molecule has 1 N–H and O–H groups in total. The van der Waals surface area contributed by atoms with E-state index in [9.17, 15) is 9.59 Å². The normalized spacial score (nSPS) is 11.1. The molecule has 0 fully saturated rings. The van der Waals surface area contributed by atoms with Gasteiger partial charge in [0, 0.05) is 17.3 Å². The van der Waals surface area contributed by atoms with Crippen LogP contribution in [-0.4, -0.2) is 18.4 Å². The van der Waals surface area contributed by atoms with Crippen molar-refractivity contribution in [1.29, 1.82) is 0 Å². The SMILES string of the molecule is CCN(C(=O)C(C)(C)C(=O)Nc1cc(Cl)ccc1Cl)c1ccccc1. The number of hydrogen-bond acceptors (Lipinski definition) is 2. The van der Waals surface area contributed by atoms with Crippen LogP contribution >= 0.6 is 23.2 Å². The van der Waals surface area contributed by atoms with Gasteiger partial charge in [-0.3, -0.25) is 9.59 Å². The Morgan fingerprint density at radius 3 is 2.32 bits per heavy atom. The largest absolute Gasteiger partial charge is 0.324 e. The maximum Gasteiger partial charge on any atom is 0.242 e. The number of hydrogen-bond donors (Lipinski definition) is 1. The third kappa shape index (κ3) is 4.33. The van der Waals surface area contributed by atoms with Gasteiger partial charge in [-0.15, -0.1) is 0 Å². The summed E-state index contributed by atoms with van der Waals surface area (Å²) in [6.45, 7) is 5.51. The van der Waals surface area contributed by atoms with Gasteiger partial charge in [0.2, 0.25) is 11.8 Å². The van der Waals surface area contributed by atoms with E-state index in [0.29, 0.717) is 22.3 Å². The zero-order valence-corrected chi connectivity index (χ0v) is 15.9. The first-order valence-electron chi connectivity index (χ1n) is 7.91. The fraction of sp³-hybridized carbons (Fsp3) is 0.263. The van der Waals surface area contributed by atoms with Crippen LogP contribution < -0.4 is 10.2 Å². The topological polar surface area (TPSA) is 49.4 Å². The Kier molecular flexibility index (Phi) is 6.09. The van der Waals surface area contributed by atoms with Crippen molar-refractivity contribution in [2.45, 2.75) is 20.8 Å². The summed E-state index contributed by atoms with van der Waals surface area (Å²) in [5, 5.41) is 3.51. The van der Waals surface area contributed by atoms with Crippen LogP contribution in [0.5, 0.6) is 0 Å². The monoisotopic (exact) mass is 378 g/mol. The van der Waals surface area contributed by atoms with Gasteiger partial charge in [0.1, 0.15) is 5.41 Å². The second kappa shape index (κ2) is 7.89. The van der Waals surface area contributed by atoms with Crippen LogP contribution in [0.3, 0.4) is 0 Å². The molecule has 0 aromatic heterocycles. The van der Waals surface area contributed by atoms with Crippen molar-refractivity contribution in [2.24, 2.45) is 5.41 Å². The minimum Gasteiger partial charge on any atom is -0.324 e. The minimum atomic E-state index is -1.28. The molecule has 0 saturated heterocycles. The number of nitrogens with zero attached hydrogens (tertiary/aromatic N) is 1. The number of carbonyl (C=O) groups excluding carboxylic acids is 2. The molecule has 132 valence electrons. The van der Waals surface area contributed by atoms with Gasteiger partial charge in [0.25, 0.3) is 0 Å². The maximum atomic E-state index is 13.0. The molecule has 0 aliphatic heterocycles. The van der Waals surface area contributed by atoms with E-state index in [1.54, 1.807) is 36.9 Å². The Balaban J connectivity index is 2.25. The Morgan fingerprint density at radius 1 is 1.08 bits per heavy atom. The van der Waals surface area contributed by atoms with Gasteiger partial charge in [0.05, 0.1) is 10.7 Å². The van der Waals surface area contributed by atoms with Crippen LogP contribution in [0.1, 0.15) is 20.8 Å². The molecule has 4 nitrogen and oxygen atoms in total. The fourth-order valence-corrected chi connectivity index (χ4v) is 2.69. The quantitative estimate of drug-likeness (QED) is 0.743. The third-order valence-electron chi connectivity index (χ3n) is 3.91. The number of anilines is 2. The number of nitrogens with one attached hydrogen (secondary N) is 1. The zero-order chi connectivity index (χ0) is 18.6. The summed E-state index contributed by atoms with van der Waals surface area (Å²) in [4.78, 5) is 27.3. The van der Waals surface area contributed by atoms with E-state index in [4.69, 9.17) is 23.2 Å². The average molecular weight is 379 g/mol. The predicted octanol–water partition coefficient (Wildman–Crippen LogP) is 5.01. The first-order valence-corrected chi connectivity index (χ1v) is 8.66. The predicted molar refractivity (Wildman–Crippen MR) is 103 cm³/mol. The standard InChI is InChI=1S/C19H20Cl2N2O2/c1-4-23(14-8-6-5-7-9-14)18(25)19(2,3)17(24)22-16-12-13(20)10-11-15(16)21/h5-12H,4H2,1-3H3,(H,22,24). The number of para-hydroxylation sites is 1. The Hall–Kier alpha value is -2.04. The molecular formula is C19H20Cl2N2O2. The summed E-state index contributed by atoms with van der Waals surface area (Å²) in [6.07, 6.45) is 0. The molecule has 0 unspecified atom stereocenters. The summed E-state index contributed by atoms with van der Waals surface area (Å²) in [7, 11) is 0. The van der Waals surface area contributed by atoms with E-state index in [1.807, 2.05) is 37.3 Å². The van der Waals surface area contributed by atoms with Gasteiger partial charge in [-0.05, 0) is 51.1 Å². The smallest absolute Gasteiger partial charge is 0.242 e. The molecular weight excluding hydrogens is 359 g/mol. The number of carbonyl (C=O) groups is 2. The van der Waals surface area contributed by atoms with Gasteiger partial charge >= 0.3 is 0 Å². The van der Waals surface area contributed by atoms with Gasteiger partial charge < -0.3 is 10.2 Å². The van der Waals surface area contributed by atoms with Crippen molar-refractivity contribution in [2.75, 3.05) is 16.8 Å². The van der Waals surface area contributed by atoms with E-state index < -0.39 is 11.3 Å². The van der Waals surface area contributed by atoms with E-state index in [-0.39, 0.29) is 5.91 Å². The van der Waals surface area contributed by atoms with Crippen molar-refractivity contribution < 1.29 is 9.59 Å². The van der Waals surface area contributed by atoms with E-state index in [1.165, 1.54) is 0 Å².